The van der Waals surface area contributed by atoms with E-state index < -0.39 is 0 Å². The number of hydrogen-bond acceptors (Lipinski definition) is 6. The van der Waals surface area contributed by atoms with Crippen molar-refractivity contribution in [1.29, 1.82) is 0 Å². The summed E-state index contributed by atoms with van der Waals surface area (Å²) in [6, 6.07) is 3.64. The molecule has 7 rings (SSSR count). The lowest BCUT2D eigenvalue weighted by Gasteiger charge is -2.61. The molecule has 0 radical (unpaired) electrons. The molecule has 1 amide bonds. The van der Waals surface area contributed by atoms with Gasteiger partial charge in [-0.15, -0.1) is 10.2 Å². The van der Waals surface area contributed by atoms with Crippen LogP contribution in [0.1, 0.15) is 49.0 Å². The van der Waals surface area contributed by atoms with Crippen LogP contribution in [0.3, 0.4) is 0 Å². The lowest BCUT2D eigenvalue weighted by molar-refractivity contribution is -0.0811. The molecule has 0 saturated heterocycles. The van der Waals surface area contributed by atoms with Gasteiger partial charge in [-0.25, -0.2) is 4.98 Å². The first-order valence-corrected chi connectivity index (χ1v) is 9.49. The number of carbonyl (C=O) groups excluding carboxylic acids is 1. The minimum atomic E-state index is -0.209. The number of tetrazole rings is 1. The highest BCUT2D eigenvalue weighted by atomic mass is 16.2. The summed E-state index contributed by atoms with van der Waals surface area (Å²) in [7, 11) is 0. The van der Waals surface area contributed by atoms with E-state index in [-0.39, 0.29) is 17.0 Å². The van der Waals surface area contributed by atoms with Gasteiger partial charge in [-0.1, -0.05) is 0 Å². The van der Waals surface area contributed by atoms with Crippen molar-refractivity contribution in [3.8, 4) is 0 Å². The lowest BCUT2D eigenvalue weighted by Crippen LogP contribution is -2.66. The quantitative estimate of drug-likeness (QED) is 0.726. The second-order valence-corrected chi connectivity index (χ2v) is 8.65. The van der Waals surface area contributed by atoms with Gasteiger partial charge in [0, 0.05) is 10.9 Å². The molecule has 4 bridgehead atoms. The summed E-state index contributed by atoms with van der Waals surface area (Å²) in [5, 5.41) is 23.6. The van der Waals surface area contributed by atoms with Crippen LogP contribution in [-0.4, -0.2) is 46.8 Å². The summed E-state index contributed by atoms with van der Waals surface area (Å²) in [5.41, 5.74) is 0.737. The lowest BCUT2D eigenvalue weighted by atomic mass is 9.50. The number of aromatic amines is 1. The second-order valence-electron chi connectivity index (χ2n) is 8.65. The molecule has 0 spiro atoms. The van der Waals surface area contributed by atoms with Gasteiger partial charge in [-0.3, -0.25) is 9.89 Å². The van der Waals surface area contributed by atoms with Gasteiger partial charge in [-0.05, 0) is 67.7 Å². The Hall–Kier alpha value is -2.84. The van der Waals surface area contributed by atoms with Crippen LogP contribution in [0, 0.1) is 11.8 Å². The van der Waals surface area contributed by atoms with Crippen molar-refractivity contribution in [1.82, 2.24) is 40.7 Å². The molecule has 2 atom stereocenters. The minimum absolute atomic E-state index is 0.116. The summed E-state index contributed by atoms with van der Waals surface area (Å²) in [5.74, 6) is 1.08. The van der Waals surface area contributed by atoms with Crippen LogP contribution >= 0.6 is 0 Å². The molecular formula is C18H20N8O. The number of amides is 1. The summed E-state index contributed by atoms with van der Waals surface area (Å²) in [4.78, 5) is 19.3. The molecule has 138 valence electrons. The molecule has 9 nitrogen and oxygen atoms in total. The number of nitrogens with zero attached hydrogens (tertiary/aromatic N) is 6. The van der Waals surface area contributed by atoms with E-state index in [9.17, 15) is 4.79 Å². The van der Waals surface area contributed by atoms with Gasteiger partial charge in [0.2, 0.25) is 0 Å². The predicted octanol–water partition coefficient (Wildman–Crippen LogP) is 1.42. The number of H-pyrrole nitrogens is 1. The third-order valence-corrected chi connectivity index (χ3v) is 6.72. The zero-order valence-electron chi connectivity index (χ0n) is 14.8. The summed E-state index contributed by atoms with van der Waals surface area (Å²) < 4.78 is 0. The average molecular weight is 364 g/mol. The fourth-order valence-electron chi connectivity index (χ4n) is 6.24. The van der Waals surface area contributed by atoms with Crippen LogP contribution in [0.5, 0.6) is 0 Å². The molecule has 4 aliphatic rings. The average Bonchev–Trinajstić information content (AvgIpc) is 3.31. The van der Waals surface area contributed by atoms with E-state index in [1.54, 1.807) is 17.1 Å². The first-order chi connectivity index (χ1) is 13.1. The molecule has 2 N–H and O–H groups in total. The van der Waals surface area contributed by atoms with Crippen molar-refractivity contribution in [2.24, 2.45) is 11.8 Å². The molecule has 4 saturated carbocycles. The molecule has 2 unspecified atom stereocenters. The Balaban J connectivity index is 1.33. The molecule has 3 aromatic rings. The Labute approximate surface area is 154 Å². The van der Waals surface area contributed by atoms with E-state index in [0.717, 1.165) is 37.5 Å². The van der Waals surface area contributed by atoms with Gasteiger partial charge in [0.1, 0.15) is 5.69 Å². The maximum atomic E-state index is 13.0. The Morgan fingerprint density at radius 2 is 2.07 bits per heavy atom. The van der Waals surface area contributed by atoms with Crippen LogP contribution in [0.2, 0.25) is 0 Å². The van der Waals surface area contributed by atoms with Crippen LogP contribution in [0.25, 0.3) is 11.0 Å². The van der Waals surface area contributed by atoms with Crippen LogP contribution in [0.4, 0.5) is 0 Å². The van der Waals surface area contributed by atoms with Gasteiger partial charge in [0.25, 0.3) is 5.91 Å². The number of fused-ring (bicyclic) bond motifs is 1. The number of rotatable bonds is 3. The zero-order valence-corrected chi connectivity index (χ0v) is 14.8. The summed E-state index contributed by atoms with van der Waals surface area (Å²) >= 11 is 0. The zero-order chi connectivity index (χ0) is 18.1. The highest BCUT2D eigenvalue weighted by Gasteiger charge is 2.60. The van der Waals surface area contributed by atoms with E-state index in [2.05, 4.69) is 35.9 Å². The number of aromatic nitrogens is 7. The highest BCUT2D eigenvalue weighted by Crippen LogP contribution is 2.60. The summed E-state index contributed by atoms with van der Waals surface area (Å²) in [6.07, 6.45) is 9.53. The Bertz CT molecular complexity index is 1010. The monoisotopic (exact) mass is 364 g/mol. The molecule has 3 heterocycles. The van der Waals surface area contributed by atoms with Crippen molar-refractivity contribution in [2.45, 2.75) is 49.6 Å². The first-order valence-electron chi connectivity index (χ1n) is 9.49. The Morgan fingerprint density at radius 1 is 1.22 bits per heavy atom. The molecule has 0 aromatic carbocycles. The van der Waals surface area contributed by atoms with Crippen LogP contribution < -0.4 is 5.32 Å². The predicted molar refractivity (Wildman–Crippen MR) is 94.6 cm³/mol. The third kappa shape index (κ3) is 2.23. The number of hydrogen-bond donors (Lipinski definition) is 2. The van der Waals surface area contributed by atoms with E-state index in [0.29, 0.717) is 23.2 Å². The van der Waals surface area contributed by atoms with Crippen molar-refractivity contribution in [3.63, 3.8) is 0 Å². The first kappa shape index (κ1) is 15.2. The Morgan fingerprint density at radius 3 is 2.85 bits per heavy atom. The Kier molecular flexibility index (Phi) is 2.89. The topological polar surface area (TPSA) is 114 Å². The maximum Gasteiger partial charge on any atom is 0.270 e. The number of carbonyl (C=O) groups is 1. The van der Waals surface area contributed by atoms with E-state index in [4.69, 9.17) is 0 Å². The fourth-order valence-corrected chi connectivity index (χ4v) is 6.24. The van der Waals surface area contributed by atoms with Crippen LogP contribution in [0.15, 0.2) is 24.7 Å². The number of pyridine rings is 1. The normalized spacial score (nSPS) is 34.2. The van der Waals surface area contributed by atoms with Gasteiger partial charge in [0.15, 0.2) is 12.0 Å². The van der Waals surface area contributed by atoms with Crippen molar-refractivity contribution >= 4 is 16.9 Å². The number of nitrogens with one attached hydrogen (secondary N) is 2. The van der Waals surface area contributed by atoms with E-state index in [1.165, 1.54) is 12.7 Å². The molecule has 9 heteroatoms. The summed E-state index contributed by atoms with van der Waals surface area (Å²) in [6.45, 7) is 0. The molecule has 3 aromatic heterocycles. The van der Waals surface area contributed by atoms with E-state index >= 15 is 0 Å². The van der Waals surface area contributed by atoms with Crippen molar-refractivity contribution < 1.29 is 4.79 Å². The minimum Gasteiger partial charge on any atom is -0.345 e. The molecule has 27 heavy (non-hydrogen) atoms. The molecule has 4 aliphatic carbocycles. The van der Waals surface area contributed by atoms with Gasteiger partial charge in [0.05, 0.1) is 11.7 Å². The fraction of sp³-hybridized carbons (Fsp3) is 0.556. The smallest absolute Gasteiger partial charge is 0.270 e. The molecular weight excluding hydrogens is 344 g/mol. The van der Waals surface area contributed by atoms with Gasteiger partial charge < -0.3 is 5.32 Å². The highest BCUT2D eigenvalue weighted by molar-refractivity contribution is 5.94. The molecule has 0 aliphatic heterocycles. The standard InChI is InChI=1S/C18H20N8O/c27-16(14-2-1-13-8-19-24-15(13)22-14)23-17-4-11-3-12(5-17)7-18(6-11,9-17)26-21-10-20-25-26/h1-2,8,10-12H,3-7,9H2,(H,23,27)(H,19,22,24). The van der Waals surface area contributed by atoms with Gasteiger partial charge >= 0.3 is 0 Å². The van der Waals surface area contributed by atoms with Crippen molar-refractivity contribution in [2.75, 3.05) is 0 Å². The van der Waals surface area contributed by atoms with Crippen LogP contribution in [-0.2, 0) is 5.54 Å². The second kappa shape index (κ2) is 5.11. The van der Waals surface area contributed by atoms with Crippen molar-refractivity contribution in [3.05, 3.63) is 30.4 Å². The SMILES string of the molecule is O=C(NC12CC3CC(C1)CC(n1ncnn1)(C3)C2)c1ccc2cn[nH]c2n1. The van der Waals surface area contributed by atoms with E-state index in [1.807, 2.05) is 6.07 Å². The largest absolute Gasteiger partial charge is 0.345 e. The third-order valence-electron chi connectivity index (χ3n) is 6.72. The van der Waals surface area contributed by atoms with Gasteiger partial charge in [-0.2, -0.15) is 9.90 Å². The maximum absolute atomic E-state index is 13.0. The molecule has 4 fully saturated rings.